The number of nitrogens with zero attached hydrogens (tertiary/aromatic N) is 1. The number of hydrogen-bond donors (Lipinski definition) is 2. The topological polar surface area (TPSA) is 87.7 Å². The summed E-state index contributed by atoms with van der Waals surface area (Å²) in [6.45, 7) is 3.51. The number of amides is 3. The zero-order valence-corrected chi connectivity index (χ0v) is 17.1. The number of nitrogens with one attached hydrogen (secondary N) is 2. The lowest BCUT2D eigenvalue weighted by Crippen LogP contribution is -2.53. The van der Waals surface area contributed by atoms with E-state index in [-0.39, 0.29) is 23.8 Å². The second-order valence-corrected chi connectivity index (χ2v) is 6.82. The molecule has 0 spiro atoms. The van der Waals surface area contributed by atoms with Crippen LogP contribution in [0.1, 0.15) is 5.56 Å². The first-order valence-corrected chi connectivity index (χ1v) is 9.56. The van der Waals surface area contributed by atoms with Crippen LogP contribution in [0.4, 0.5) is 10.1 Å². The highest BCUT2D eigenvalue weighted by Crippen LogP contribution is 2.18. The molecule has 1 fully saturated rings. The van der Waals surface area contributed by atoms with E-state index in [9.17, 15) is 18.8 Å². The van der Waals surface area contributed by atoms with Crippen molar-refractivity contribution in [1.82, 2.24) is 10.2 Å². The van der Waals surface area contributed by atoms with Gasteiger partial charge in [0.2, 0.25) is 0 Å². The first-order chi connectivity index (χ1) is 14.9. The van der Waals surface area contributed by atoms with Crippen LogP contribution in [-0.2, 0) is 14.4 Å². The Bertz CT molecular complexity index is 1070. The maximum absolute atomic E-state index is 12.9. The van der Waals surface area contributed by atoms with Crippen molar-refractivity contribution < 1.29 is 23.5 Å². The van der Waals surface area contributed by atoms with Crippen LogP contribution in [0.25, 0.3) is 6.08 Å². The fourth-order valence-corrected chi connectivity index (χ4v) is 2.95. The molecule has 0 radical (unpaired) electrons. The summed E-state index contributed by atoms with van der Waals surface area (Å²) in [5.74, 6) is -1.46. The normalized spacial score (nSPS) is 14.9. The van der Waals surface area contributed by atoms with Gasteiger partial charge in [-0.3, -0.25) is 24.6 Å². The second-order valence-electron chi connectivity index (χ2n) is 6.43. The summed E-state index contributed by atoms with van der Waals surface area (Å²) in [6, 6.07) is 11.9. The van der Waals surface area contributed by atoms with Gasteiger partial charge in [0, 0.05) is 12.2 Å². The molecule has 9 heteroatoms. The molecule has 0 atom stereocenters. The summed E-state index contributed by atoms with van der Waals surface area (Å²) in [5.41, 5.74) is 0.994. The number of rotatable bonds is 7. The zero-order chi connectivity index (χ0) is 22.4. The van der Waals surface area contributed by atoms with Gasteiger partial charge in [0.25, 0.3) is 17.7 Å². The lowest BCUT2D eigenvalue weighted by atomic mass is 10.1. The van der Waals surface area contributed by atoms with E-state index in [2.05, 4.69) is 17.2 Å². The molecule has 2 N–H and O–H groups in total. The van der Waals surface area contributed by atoms with Gasteiger partial charge in [-0.2, -0.15) is 0 Å². The monoisotopic (exact) mass is 439 g/mol. The van der Waals surface area contributed by atoms with Crippen molar-refractivity contribution in [2.75, 3.05) is 18.5 Å². The summed E-state index contributed by atoms with van der Waals surface area (Å²) in [7, 11) is 0. The van der Waals surface area contributed by atoms with Gasteiger partial charge in [-0.05, 0) is 60.3 Å². The summed E-state index contributed by atoms with van der Waals surface area (Å²) in [5, 5.41) is 5.10. The molecule has 1 aliphatic rings. The number of ether oxygens (including phenoxy) is 1. The predicted molar refractivity (Wildman–Crippen MR) is 118 cm³/mol. The van der Waals surface area contributed by atoms with Crippen molar-refractivity contribution >= 4 is 46.8 Å². The largest absolute Gasteiger partial charge is 0.484 e. The number of carbonyl (C=O) groups excluding carboxylic acids is 3. The average molecular weight is 439 g/mol. The first-order valence-electron chi connectivity index (χ1n) is 9.15. The lowest BCUT2D eigenvalue weighted by molar-refractivity contribution is -0.128. The van der Waals surface area contributed by atoms with Crippen molar-refractivity contribution in [2.24, 2.45) is 0 Å². The lowest BCUT2D eigenvalue weighted by Gasteiger charge is -2.27. The minimum Gasteiger partial charge on any atom is -0.484 e. The highest BCUT2D eigenvalue weighted by Gasteiger charge is 2.32. The van der Waals surface area contributed by atoms with E-state index in [1.54, 1.807) is 24.3 Å². The van der Waals surface area contributed by atoms with Crippen LogP contribution < -0.4 is 15.4 Å². The third-order valence-electron chi connectivity index (χ3n) is 4.19. The highest BCUT2D eigenvalue weighted by atomic mass is 32.1. The first kappa shape index (κ1) is 21.8. The Balaban J connectivity index is 1.61. The molecule has 0 aliphatic carbocycles. The van der Waals surface area contributed by atoms with Crippen LogP contribution in [0.2, 0.25) is 0 Å². The Morgan fingerprint density at radius 3 is 2.48 bits per heavy atom. The SMILES string of the molecule is C=CCN1C(=O)C(=Cc2ccc(OCC(=O)Nc3ccc(F)cc3)cc2)C(=O)NC1=S. The van der Waals surface area contributed by atoms with Crippen molar-refractivity contribution in [3.05, 3.63) is 78.1 Å². The molecule has 158 valence electrons. The van der Waals surface area contributed by atoms with E-state index in [1.165, 1.54) is 41.3 Å². The molecule has 0 aromatic heterocycles. The van der Waals surface area contributed by atoms with Crippen LogP contribution in [0.3, 0.4) is 0 Å². The second kappa shape index (κ2) is 9.77. The maximum atomic E-state index is 12.9. The predicted octanol–water partition coefficient (Wildman–Crippen LogP) is 2.66. The smallest absolute Gasteiger partial charge is 0.265 e. The van der Waals surface area contributed by atoms with Crippen molar-refractivity contribution in [3.8, 4) is 5.75 Å². The molecule has 1 saturated heterocycles. The van der Waals surface area contributed by atoms with Crippen molar-refractivity contribution in [3.63, 3.8) is 0 Å². The Morgan fingerprint density at radius 1 is 1.16 bits per heavy atom. The Hall–Kier alpha value is -3.85. The fraction of sp³-hybridized carbons (Fsp3) is 0.0909. The van der Waals surface area contributed by atoms with Gasteiger partial charge in [-0.25, -0.2) is 4.39 Å². The molecule has 7 nitrogen and oxygen atoms in total. The van der Waals surface area contributed by atoms with Gasteiger partial charge < -0.3 is 10.1 Å². The number of thiocarbonyl (C=S) groups is 1. The highest BCUT2D eigenvalue weighted by molar-refractivity contribution is 7.80. The molecule has 1 aliphatic heterocycles. The van der Waals surface area contributed by atoms with Crippen LogP contribution in [0.5, 0.6) is 5.75 Å². The molecule has 2 aromatic carbocycles. The van der Waals surface area contributed by atoms with Gasteiger partial charge in [-0.1, -0.05) is 18.2 Å². The van der Waals surface area contributed by atoms with Crippen molar-refractivity contribution in [1.29, 1.82) is 0 Å². The third kappa shape index (κ3) is 5.61. The van der Waals surface area contributed by atoms with E-state index in [0.29, 0.717) is 17.0 Å². The molecule has 31 heavy (non-hydrogen) atoms. The molecule has 2 aromatic rings. The minimum absolute atomic E-state index is 0.0368. The zero-order valence-electron chi connectivity index (χ0n) is 16.3. The van der Waals surface area contributed by atoms with Gasteiger partial charge in [0.15, 0.2) is 11.7 Å². The number of benzene rings is 2. The van der Waals surface area contributed by atoms with Crippen LogP contribution in [-0.4, -0.2) is 40.9 Å². The maximum Gasteiger partial charge on any atom is 0.265 e. The Morgan fingerprint density at radius 2 is 1.84 bits per heavy atom. The van der Waals surface area contributed by atoms with E-state index >= 15 is 0 Å². The molecule has 3 amide bonds. The number of carbonyl (C=O) groups is 3. The molecule has 0 bridgehead atoms. The molecular weight excluding hydrogens is 421 g/mol. The van der Waals surface area contributed by atoms with Gasteiger partial charge in [-0.15, -0.1) is 6.58 Å². The summed E-state index contributed by atoms with van der Waals surface area (Å²) >= 11 is 5.01. The van der Waals surface area contributed by atoms with Crippen LogP contribution in [0, 0.1) is 5.82 Å². The minimum atomic E-state index is -0.576. The number of anilines is 1. The molecular formula is C22H18FN3O4S. The summed E-state index contributed by atoms with van der Waals surface area (Å²) in [6.07, 6.45) is 2.96. The Labute approximate surface area is 183 Å². The van der Waals surface area contributed by atoms with Gasteiger partial charge >= 0.3 is 0 Å². The fourth-order valence-electron chi connectivity index (χ4n) is 2.70. The van der Waals surface area contributed by atoms with E-state index < -0.39 is 23.5 Å². The Kier molecular flexibility index (Phi) is 6.88. The molecule has 1 heterocycles. The summed E-state index contributed by atoms with van der Waals surface area (Å²) in [4.78, 5) is 37.9. The van der Waals surface area contributed by atoms with Gasteiger partial charge in [0.1, 0.15) is 17.1 Å². The van der Waals surface area contributed by atoms with Crippen LogP contribution >= 0.6 is 12.2 Å². The van der Waals surface area contributed by atoms with Crippen molar-refractivity contribution in [2.45, 2.75) is 0 Å². The third-order valence-corrected chi connectivity index (χ3v) is 4.51. The molecule has 3 rings (SSSR count). The van der Waals surface area contributed by atoms with E-state index in [0.717, 1.165) is 0 Å². The standard InChI is InChI=1S/C22H18FN3O4S/c1-2-11-26-21(29)18(20(28)25-22(26)31)12-14-3-9-17(10-4-14)30-13-19(27)24-16-7-5-15(23)6-8-16/h2-10,12H,1,11,13H2,(H,24,27)(H,25,28,31). The molecule has 0 saturated carbocycles. The number of hydrogen-bond acceptors (Lipinski definition) is 5. The van der Waals surface area contributed by atoms with Crippen LogP contribution in [0.15, 0.2) is 66.8 Å². The average Bonchev–Trinajstić information content (AvgIpc) is 2.75. The van der Waals surface area contributed by atoms with E-state index in [1.807, 2.05) is 0 Å². The quantitative estimate of drug-likeness (QED) is 0.300. The van der Waals surface area contributed by atoms with Gasteiger partial charge in [0.05, 0.1) is 0 Å². The van der Waals surface area contributed by atoms with E-state index in [4.69, 9.17) is 17.0 Å². The molecule has 0 unspecified atom stereocenters. The number of halogens is 1. The summed E-state index contributed by atoms with van der Waals surface area (Å²) < 4.78 is 18.3.